The van der Waals surface area contributed by atoms with Crippen molar-refractivity contribution in [2.75, 3.05) is 10.0 Å². The highest BCUT2D eigenvalue weighted by Gasteiger charge is 2.36. The molecule has 4 aromatic rings. The summed E-state index contributed by atoms with van der Waals surface area (Å²) < 4.78 is 97.6. The van der Waals surface area contributed by atoms with Crippen molar-refractivity contribution in [1.82, 2.24) is 15.1 Å². The molecule has 1 aromatic heterocycles. The van der Waals surface area contributed by atoms with E-state index >= 15 is 0 Å². The highest BCUT2D eigenvalue weighted by atomic mass is 35.5. The van der Waals surface area contributed by atoms with E-state index < -0.39 is 62.6 Å². The molecule has 1 aliphatic heterocycles. The summed E-state index contributed by atoms with van der Waals surface area (Å²) in [6.45, 7) is 0. The molecule has 0 saturated carbocycles. The molecule has 0 bridgehead atoms. The minimum Gasteiger partial charge on any atom is -0.341 e. The Morgan fingerprint density at radius 1 is 1.09 bits per heavy atom. The zero-order valence-electron chi connectivity index (χ0n) is 21.8. The van der Waals surface area contributed by atoms with Gasteiger partial charge in [0.05, 0.1) is 29.2 Å². The van der Waals surface area contributed by atoms with Crippen molar-refractivity contribution < 1.29 is 40.0 Å². The summed E-state index contributed by atoms with van der Waals surface area (Å²) in [6.07, 6.45) is -2.29. The Bertz CT molecular complexity index is 1900. The minimum atomic E-state index is -4.95. The van der Waals surface area contributed by atoms with Crippen LogP contribution in [0.5, 0.6) is 0 Å². The van der Waals surface area contributed by atoms with Gasteiger partial charge in [-0.25, -0.2) is 17.2 Å². The van der Waals surface area contributed by atoms with Crippen LogP contribution in [0.25, 0.3) is 0 Å². The average Bonchev–Trinajstić information content (AvgIpc) is 3.45. The smallest absolute Gasteiger partial charge is 0.341 e. The second-order valence-corrected chi connectivity index (χ2v) is 11.8. The zero-order valence-corrected chi connectivity index (χ0v) is 23.3. The second-order valence-electron chi connectivity index (χ2n) is 9.62. The van der Waals surface area contributed by atoms with Crippen molar-refractivity contribution in [2.24, 2.45) is 7.05 Å². The average molecular weight is 640 g/mol. The van der Waals surface area contributed by atoms with E-state index in [1.807, 2.05) is 0 Å². The van der Waals surface area contributed by atoms with Crippen LogP contribution in [0.1, 0.15) is 49.0 Å². The predicted molar refractivity (Wildman–Crippen MR) is 146 cm³/mol. The number of benzene rings is 3. The second kappa shape index (κ2) is 11.0. The lowest BCUT2D eigenvalue weighted by molar-refractivity contribution is -0.137. The number of carbonyl (C=O) groups excluding carboxylic acids is 2. The Morgan fingerprint density at radius 2 is 1.84 bits per heavy atom. The molecule has 0 fully saturated rings. The third kappa shape index (κ3) is 6.46. The van der Waals surface area contributed by atoms with E-state index in [1.165, 1.54) is 35.3 Å². The number of amides is 2. The largest absolute Gasteiger partial charge is 0.416 e. The first-order chi connectivity index (χ1) is 20.1. The molecule has 1 aliphatic rings. The van der Waals surface area contributed by atoms with E-state index in [1.54, 1.807) is 7.05 Å². The number of hydrogen-bond donors (Lipinski definition) is 3. The maximum absolute atomic E-state index is 14.2. The summed E-state index contributed by atoms with van der Waals surface area (Å²) in [5, 5.41) is 8.89. The lowest BCUT2D eigenvalue weighted by atomic mass is 9.94. The molecule has 3 N–H and O–H groups in total. The summed E-state index contributed by atoms with van der Waals surface area (Å²) in [5.74, 6) is -4.64. The normalized spacial score (nSPS) is 14.8. The van der Waals surface area contributed by atoms with Gasteiger partial charge in [-0.15, -0.1) is 0 Å². The van der Waals surface area contributed by atoms with Crippen molar-refractivity contribution in [3.05, 3.63) is 111 Å². The third-order valence-corrected chi connectivity index (χ3v) is 7.99. The first-order valence-electron chi connectivity index (χ1n) is 12.2. The van der Waals surface area contributed by atoms with Crippen molar-refractivity contribution in [1.29, 1.82) is 0 Å². The number of aryl methyl sites for hydroxylation is 1. The summed E-state index contributed by atoms with van der Waals surface area (Å²) in [7, 11) is -2.53. The summed E-state index contributed by atoms with van der Waals surface area (Å²) in [4.78, 5) is 26.2. The maximum Gasteiger partial charge on any atom is 0.416 e. The minimum absolute atomic E-state index is 0.00167. The van der Waals surface area contributed by atoms with Crippen LogP contribution < -0.4 is 15.4 Å². The van der Waals surface area contributed by atoms with Crippen LogP contribution in [-0.4, -0.2) is 30.0 Å². The molecular formula is C27H19ClF5N5O4S. The van der Waals surface area contributed by atoms with Gasteiger partial charge in [0, 0.05) is 46.2 Å². The van der Waals surface area contributed by atoms with Gasteiger partial charge in [0.1, 0.15) is 11.6 Å². The van der Waals surface area contributed by atoms with Crippen molar-refractivity contribution in [3.8, 4) is 0 Å². The lowest BCUT2D eigenvalue weighted by Crippen LogP contribution is -2.21. The molecule has 224 valence electrons. The van der Waals surface area contributed by atoms with Gasteiger partial charge in [-0.2, -0.15) is 18.3 Å². The fraction of sp³-hybridized carbons (Fsp3) is 0.148. The lowest BCUT2D eigenvalue weighted by Gasteiger charge is -2.19. The number of nitrogens with zero attached hydrogens (tertiary/aromatic N) is 2. The van der Waals surface area contributed by atoms with Crippen LogP contribution in [0.2, 0.25) is 5.02 Å². The first kappa shape index (κ1) is 30.0. The number of nitrogens with one attached hydrogen (secondary N) is 3. The van der Waals surface area contributed by atoms with Gasteiger partial charge in [0.25, 0.3) is 11.8 Å². The number of sulfonamides is 1. The van der Waals surface area contributed by atoms with Crippen molar-refractivity contribution >= 4 is 44.8 Å². The zero-order chi connectivity index (χ0) is 31.3. The number of anilines is 2. The molecule has 43 heavy (non-hydrogen) atoms. The standard InChI is InChI=1S/C27H19ClF5N5O4S/c1-38-11-18(10-34-38)37-43(41,42)12-13-4-20-23(24(36-26(20)40)19-9-16(29)2-3-21(19)28)22(5-13)35-25(39)14-6-15(27(31,32)33)8-17(30)7-14/h2-11,24,37H,12H2,1H3,(H,35,39)(H,36,40). The Balaban J connectivity index is 1.59. The van der Waals surface area contributed by atoms with E-state index in [2.05, 4.69) is 20.5 Å². The van der Waals surface area contributed by atoms with Gasteiger partial charge in [0.2, 0.25) is 10.0 Å². The Morgan fingerprint density at radius 3 is 2.51 bits per heavy atom. The molecule has 0 spiro atoms. The highest BCUT2D eigenvalue weighted by molar-refractivity contribution is 7.91. The van der Waals surface area contributed by atoms with E-state index in [0.29, 0.717) is 12.1 Å². The SMILES string of the molecule is Cn1cc(NS(=O)(=O)Cc2cc(NC(=O)c3cc(F)cc(C(F)(F)F)c3)c3c(c2)C(=O)NC3c2cc(F)ccc2Cl)cn1. The van der Waals surface area contributed by atoms with E-state index in [-0.39, 0.29) is 44.7 Å². The fourth-order valence-corrected chi connectivity index (χ4v) is 6.01. The number of aromatic nitrogens is 2. The quantitative estimate of drug-likeness (QED) is 0.234. The number of alkyl halides is 3. The predicted octanol–water partition coefficient (Wildman–Crippen LogP) is 5.40. The monoisotopic (exact) mass is 639 g/mol. The van der Waals surface area contributed by atoms with E-state index in [4.69, 9.17) is 11.6 Å². The van der Waals surface area contributed by atoms with Gasteiger partial charge >= 0.3 is 6.18 Å². The Kier molecular flexibility index (Phi) is 7.64. The van der Waals surface area contributed by atoms with Crippen molar-refractivity contribution in [2.45, 2.75) is 18.0 Å². The fourth-order valence-electron chi connectivity index (χ4n) is 4.64. The molecule has 9 nitrogen and oxygen atoms in total. The molecular weight excluding hydrogens is 621 g/mol. The maximum atomic E-state index is 14.2. The van der Waals surface area contributed by atoms with Gasteiger partial charge < -0.3 is 10.6 Å². The van der Waals surface area contributed by atoms with Crippen LogP contribution >= 0.6 is 11.6 Å². The Hall–Kier alpha value is -4.50. The molecule has 2 amide bonds. The Labute approximate surface area is 245 Å². The number of carbonyl (C=O) groups is 2. The van der Waals surface area contributed by atoms with E-state index in [9.17, 15) is 40.0 Å². The molecule has 0 saturated heterocycles. The summed E-state index contributed by atoms with van der Waals surface area (Å²) in [5.41, 5.74) is -2.13. The van der Waals surface area contributed by atoms with Gasteiger partial charge in [-0.3, -0.25) is 19.0 Å². The van der Waals surface area contributed by atoms with Crippen molar-refractivity contribution in [3.63, 3.8) is 0 Å². The number of hydrogen-bond acceptors (Lipinski definition) is 5. The number of rotatable bonds is 7. The van der Waals surface area contributed by atoms with Gasteiger partial charge in [-0.05, 0) is 54.1 Å². The van der Waals surface area contributed by atoms with Gasteiger partial charge in [-0.1, -0.05) is 11.6 Å². The van der Waals surface area contributed by atoms with Crippen LogP contribution in [0.15, 0.2) is 60.9 Å². The van der Waals surface area contributed by atoms with Crippen LogP contribution in [-0.2, 0) is 29.0 Å². The molecule has 3 aromatic carbocycles. The molecule has 0 aliphatic carbocycles. The number of halogens is 6. The van der Waals surface area contributed by atoms with Crippen LogP contribution in [0.3, 0.4) is 0 Å². The molecule has 1 atom stereocenters. The summed E-state index contributed by atoms with van der Waals surface area (Å²) >= 11 is 6.27. The summed E-state index contributed by atoms with van der Waals surface area (Å²) in [6, 6.07) is 5.92. The van der Waals surface area contributed by atoms with E-state index in [0.717, 1.165) is 12.1 Å². The molecule has 5 rings (SSSR count). The molecule has 2 heterocycles. The molecule has 0 radical (unpaired) electrons. The van der Waals surface area contributed by atoms with Crippen LogP contribution in [0, 0.1) is 11.6 Å². The first-order valence-corrected chi connectivity index (χ1v) is 14.2. The molecule has 16 heteroatoms. The number of fused-ring (bicyclic) bond motifs is 1. The van der Waals surface area contributed by atoms with Crippen LogP contribution in [0.4, 0.5) is 33.3 Å². The molecule has 1 unspecified atom stereocenters. The van der Waals surface area contributed by atoms with Gasteiger partial charge in [0.15, 0.2) is 0 Å². The topological polar surface area (TPSA) is 122 Å². The highest BCUT2D eigenvalue weighted by Crippen LogP contribution is 2.40. The third-order valence-electron chi connectivity index (χ3n) is 6.39.